The second-order valence-corrected chi connectivity index (χ2v) is 6.77. The standard InChI is InChI=1S/C20H29NO4/c1-4-23-16-11-15(12-17(24-5-2)19(16)25-6-3)20(22)21-18(13-7-8-13)14-9-10-14/h11-14,18H,4-10H2,1-3H3,(H,21,22). The van der Waals surface area contributed by atoms with E-state index in [0.717, 1.165) is 0 Å². The van der Waals surface area contributed by atoms with Crippen molar-refractivity contribution in [1.29, 1.82) is 0 Å². The molecule has 0 unspecified atom stereocenters. The van der Waals surface area contributed by atoms with E-state index >= 15 is 0 Å². The number of ether oxygens (including phenoxy) is 3. The third-order valence-electron chi connectivity index (χ3n) is 4.73. The first-order chi connectivity index (χ1) is 12.2. The quantitative estimate of drug-likeness (QED) is 0.699. The van der Waals surface area contributed by atoms with Gasteiger partial charge in [0.1, 0.15) is 0 Å². The summed E-state index contributed by atoms with van der Waals surface area (Å²) in [6, 6.07) is 3.86. The van der Waals surface area contributed by atoms with E-state index in [1.807, 2.05) is 20.8 Å². The minimum atomic E-state index is -0.0474. The topological polar surface area (TPSA) is 56.8 Å². The smallest absolute Gasteiger partial charge is 0.251 e. The molecule has 1 N–H and O–H groups in total. The van der Waals surface area contributed by atoms with E-state index < -0.39 is 0 Å². The molecule has 0 saturated heterocycles. The Hall–Kier alpha value is -1.91. The highest BCUT2D eigenvalue weighted by Crippen LogP contribution is 2.45. The first kappa shape index (κ1) is 17.9. The van der Waals surface area contributed by atoms with Gasteiger partial charge in [-0.15, -0.1) is 0 Å². The molecule has 0 aromatic heterocycles. The van der Waals surface area contributed by atoms with Crippen molar-refractivity contribution in [2.24, 2.45) is 11.8 Å². The minimum absolute atomic E-state index is 0.0474. The minimum Gasteiger partial charge on any atom is -0.490 e. The Bertz CT molecular complexity index is 569. The second-order valence-electron chi connectivity index (χ2n) is 6.77. The van der Waals surface area contributed by atoms with Crippen molar-refractivity contribution in [2.75, 3.05) is 19.8 Å². The molecule has 5 heteroatoms. The van der Waals surface area contributed by atoms with E-state index in [0.29, 0.717) is 60.5 Å². The Morgan fingerprint density at radius 3 is 1.84 bits per heavy atom. The van der Waals surface area contributed by atoms with Crippen LogP contribution in [0.3, 0.4) is 0 Å². The van der Waals surface area contributed by atoms with Crippen LogP contribution >= 0.6 is 0 Å². The van der Waals surface area contributed by atoms with Gasteiger partial charge in [-0.1, -0.05) is 0 Å². The summed E-state index contributed by atoms with van der Waals surface area (Å²) < 4.78 is 17.1. The van der Waals surface area contributed by atoms with Gasteiger partial charge < -0.3 is 19.5 Å². The molecule has 2 aliphatic rings. The normalized spacial score (nSPS) is 16.6. The van der Waals surface area contributed by atoms with Crippen LogP contribution in [0.2, 0.25) is 0 Å². The summed E-state index contributed by atoms with van der Waals surface area (Å²) in [5.74, 6) is 2.98. The van der Waals surface area contributed by atoms with Gasteiger partial charge in [0.25, 0.3) is 5.91 Å². The predicted octanol–water partition coefficient (Wildman–Crippen LogP) is 3.80. The Morgan fingerprint density at radius 2 is 1.44 bits per heavy atom. The summed E-state index contributed by atoms with van der Waals surface area (Å²) in [4.78, 5) is 12.8. The molecule has 0 atom stereocenters. The number of rotatable bonds is 10. The van der Waals surface area contributed by atoms with Crippen molar-refractivity contribution in [1.82, 2.24) is 5.32 Å². The molecule has 2 aliphatic carbocycles. The lowest BCUT2D eigenvalue weighted by Crippen LogP contribution is -2.38. The van der Waals surface area contributed by atoms with Gasteiger partial charge in [-0.25, -0.2) is 0 Å². The van der Waals surface area contributed by atoms with Gasteiger partial charge in [-0.2, -0.15) is 0 Å². The molecule has 0 spiro atoms. The molecule has 25 heavy (non-hydrogen) atoms. The van der Waals surface area contributed by atoms with Crippen molar-refractivity contribution >= 4 is 5.91 Å². The van der Waals surface area contributed by atoms with Gasteiger partial charge in [0.2, 0.25) is 5.75 Å². The van der Waals surface area contributed by atoms with Crippen molar-refractivity contribution in [3.05, 3.63) is 17.7 Å². The Kier molecular flexibility index (Phi) is 5.71. The van der Waals surface area contributed by atoms with Gasteiger partial charge in [-0.3, -0.25) is 4.79 Å². The molecule has 0 radical (unpaired) electrons. The maximum absolute atomic E-state index is 12.8. The number of nitrogens with one attached hydrogen (secondary N) is 1. The van der Waals surface area contributed by atoms with Crippen molar-refractivity contribution in [3.63, 3.8) is 0 Å². The molecular formula is C20H29NO4. The maximum atomic E-state index is 12.8. The fourth-order valence-corrected chi connectivity index (χ4v) is 3.29. The van der Waals surface area contributed by atoms with Crippen LogP contribution in [0.4, 0.5) is 0 Å². The molecule has 3 rings (SSSR count). The number of hydrogen-bond donors (Lipinski definition) is 1. The Morgan fingerprint density at radius 1 is 0.960 bits per heavy atom. The van der Waals surface area contributed by atoms with Crippen LogP contribution in [-0.2, 0) is 0 Å². The van der Waals surface area contributed by atoms with E-state index in [-0.39, 0.29) is 5.91 Å². The lowest BCUT2D eigenvalue weighted by molar-refractivity contribution is 0.0925. The first-order valence-corrected chi connectivity index (χ1v) is 9.55. The molecule has 0 aliphatic heterocycles. The number of carbonyl (C=O) groups is 1. The van der Waals surface area contributed by atoms with Gasteiger partial charge in [-0.05, 0) is 70.4 Å². The second kappa shape index (κ2) is 7.98. The van der Waals surface area contributed by atoms with Gasteiger partial charge in [0.15, 0.2) is 11.5 Å². The van der Waals surface area contributed by atoms with Crippen LogP contribution in [-0.4, -0.2) is 31.8 Å². The van der Waals surface area contributed by atoms with Gasteiger partial charge in [0.05, 0.1) is 19.8 Å². The molecule has 0 heterocycles. The highest BCUT2D eigenvalue weighted by Gasteiger charge is 2.42. The van der Waals surface area contributed by atoms with Crippen LogP contribution in [0.15, 0.2) is 12.1 Å². The number of benzene rings is 1. The summed E-state index contributed by atoms with van der Waals surface area (Å²) in [6.45, 7) is 7.27. The average Bonchev–Trinajstić information content (AvgIpc) is 3.48. The molecule has 1 aromatic rings. The maximum Gasteiger partial charge on any atom is 0.251 e. The molecular weight excluding hydrogens is 318 g/mol. The Balaban J connectivity index is 1.84. The Labute approximate surface area is 150 Å². The van der Waals surface area contributed by atoms with Gasteiger partial charge >= 0.3 is 0 Å². The molecule has 0 bridgehead atoms. The van der Waals surface area contributed by atoms with Crippen LogP contribution < -0.4 is 19.5 Å². The summed E-state index contributed by atoms with van der Waals surface area (Å²) in [6.07, 6.45) is 4.94. The molecule has 2 fully saturated rings. The highest BCUT2D eigenvalue weighted by molar-refractivity contribution is 5.96. The zero-order valence-electron chi connectivity index (χ0n) is 15.5. The predicted molar refractivity (Wildman–Crippen MR) is 96.7 cm³/mol. The summed E-state index contributed by atoms with van der Waals surface area (Å²) in [5, 5.41) is 3.26. The zero-order chi connectivity index (χ0) is 17.8. The third kappa shape index (κ3) is 4.39. The largest absolute Gasteiger partial charge is 0.490 e. The molecule has 138 valence electrons. The highest BCUT2D eigenvalue weighted by atomic mass is 16.5. The first-order valence-electron chi connectivity index (χ1n) is 9.55. The van der Waals surface area contributed by atoms with Crippen LogP contribution in [0.25, 0.3) is 0 Å². The number of carbonyl (C=O) groups excluding carboxylic acids is 1. The molecule has 2 saturated carbocycles. The van der Waals surface area contributed by atoms with E-state index in [4.69, 9.17) is 14.2 Å². The lowest BCUT2D eigenvalue weighted by Gasteiger charge is -2.20. The van der Waals surface area contributed by atoms with Crippen molar-refractivity contribution in [2.45, 2.75) is 52.5 Å². The third-order valence-corrected chi connectivity index (χ3v) is 4.73. The molecule has 5 nitrogen and oxygen atoms in total. The summed E-state index contributed by atoms with van der Waals surface area (Å²) >= 11 is 0. The van der Waals surface area contributed by atoms with E-state index in [9.17, 15) is 4.79 Å². The summed E-state index contributed by atoms with van der Waals surface area (Å²) in [5.41, 5.74) is 0.571. The van der Waals surface area contributed by atoms with Crippen LogP contribution in [0, 0.1) is 11.8 Å². The average molecular weight is 347 g/mol. The lowest BCUT2D eigenvalue weighted by atomic mass is 10.1. The number of amides is 1. The van der Waals surface area contributed by atoms with Crippen molar-refractivity contribution in [3.8, 4) is 17.2 Å². The van der Waals surface area contributed by atoms with E-state index in [1.165, 1.54) is 25.7 Å². The monoisotopic (exact) mass is 347 g/mol. The fraction of sp³-hybridized carbons (Fsp3) is 0.650. The zero-order valence-corrected chi connectivity index (χ0v) is 15.5. The number of hydrogen-bond acceptors (Lipinski definition) is 4. The fourth-order valence-electron chi connectivity index (χ4n) is 3.29. The van der Waals surface area contributed by atoms with E-state index in [1.54, 1.807) is 12.1 Å². The molecule has 1 amide bonds. The van der Waals surface area contributed by atoms with Gasteiger partial charge in [0, 0.05) is 11.6 Å². The van der Waals surface area contributed by atoms with Crippen molar-refractivity contribution < 1.29 is 19.0 Å². The van der Waals surface area contributed by atoms with E-state index in [2.05, 4.69) is 5.32 Å². The van der Waals surface area contributed by atoms with Crippen LogP contribution in [0.5, 0.6) is 17.2 Å². The molecule has 1 aromatic carbocycles. The summed E-state index contributed by atoms with van der Waals surface area (Å²) in [7, 11) is 0. The van der Waals surface area contributed by atoms with Crippen LogP contribution in [0.1, 0.15) is 56.8 Å². The SMILES string of the molecule is CCOc1cc(C(=O)NC(C2CC2)C2CC2)cc(OCC)c1OCC.